The van der Waals surface area contributed by atoms with Gasteiger partial charge in [-0.15, -0.1) is 6.58 Å². The molecular formula is C5H10O2. The van der Waals surface area contributed by atoms with Gasteiger partial charge < -0.3 is 10.2 Å². The van der Waals surface area contributed by atoms with E-state index in [1.807, 2.05) is 0 Å². The van der Waals surface area contributed by atoms with Gasteiger partial charge in [0, 0.05) is 0 Å². The van der Waals surface area contributed by atoms with Gasteiger partial charge in [-0.2, -0.15) is 0 Å². The fourth-order valence-electron chi connectivity index (χ4n) is 0.197. The molecule has 2 atom stereocenters. The summed E-state index contributed by atoms with van der Waals surface area (Å²) in [6, 6.07) is 0. The van der Waals surface area contributed by atoms with Crippen LogP contribution in [0.2, 0.25) is 0 Å². The van der Waals surface area contributed by atoms with Crippen molar-refractivity contribution >= 4 is 0 Å². The van der Waals surface area contributed by atoms with Gasteiger partial charge in [-0.1, -0.05) is 6.08 Å². The van der Waals surface area contributed by atoms with Crippen LogP contribution in [0.4, 0.5) is 0 Å². The Morgan fingerprint density at radius 1 is 1.57 bits per heavy atom. The van der Waals surface area contributed by atoms with Crippen molar-refractivity contribution < 1.29 is 10.2 Å². The first kappa shape index (κ1) is 6.66. The Hall–Kier alpha value is -0.340. The van der Waals surface area contributed by atoms with Gasteiger partial charge in [-0.05, 0) is 6.92 Å². The molecule has 2 nitrogen and oxygen atoms in total. The Labute approximate surface area is 43.1 Å². The largest absolute Gasteiger partial charge is 0.390 e. The molecular weight excluding hydrogens is 92.1 g/mol. The van der Waals surface area contributed by atoms with Crippen molar-refractivity contribution in [2.45, 2.75) is 19.1 Å². The van der Waals surface area contributed by atoms with E-state index in [1.165, 1.54) is 13.0 Å². The van der Waals surface area contributed by atoms with Crippen molar-refractivity contribution in [3.05, 3.63) is 12.7 Å². The third kappa shape index (κ3) is 2.37. The second-order valence-corrected chi connectivity index (χ2v) is 1.47. The molecule has 2 heteroatoms. The summed E-state index contributed by atoms with van der Waals surface area (Å²) < 4.78 is 0. The molecule has 0 rings (SSSR count). The summed E-state index contributed by atoms with van der Waals surface area (Å²) in [6.45, 7) is 4.78. The molecule has 0 aliphatic rings. The highest BCUT2D eigenvalue weighted by atomic mass is 16.3. The minimum absolute atomic E-state index is 0.697. The van der Waals surface area contributed by atoms with Crippen LogP contribution in [0.1, 0.15) is 6.92 Å². The van der Waals surface area contributed by atoms with Gasteiger partial charge >= 0.3 is 0 Å². The molecule has 0 radical (unpaired) electrons. The van der Waals surface area contributed by atoms with Crippen LogP contribution < -0.4 is 0 Å². The molecule has 0 heterocycles. The van der Waals surface area contributed by atoms with Crippen molar-refractivity contribution in [3.8, 4) is 0 Å². The summed E-state index contributed by atoms with van der Waals surface area (Å²) in [5, 5.41) is 17.1. The quantitative estimate of drug-likeness (QED) is 0.478. The Morgan fingerprint density at radius 2 is 2.00 bits per heavy atom. The van der Waals surface area contributed by atoms with Gasteiger partial charge in [0.15, 0.2) is 0 Å². The second kappa shape index (κ2) is 2.77. The topological polar surface area (TPSA) is 40.5 Å². The molecule has 2 N–H and O–H groups in total. The lowest BCUT2D eigenvalue weighted by atomic mass is 10.2. The monoisotopic (exact) mass is 102 g/mol. The molecule has 0 spiro atoms. The summed E-state index contributed by atoms with van der Waals surface area (Å²) in [4.78, 5) is 0. The lowest BCUT2D eigenvalue weighted by Gasteiger charge is -2.05. The Bertz CT molecular complexity index is 59.1. The number of aliphatic hydroxyl groups excluding tert-OH is 2. The van der Waals surface area contributed by atoms with Crippen LogP contribution >= 0.6 is 0 Å². The zero-order valence-electron chi connectivity index (χ0n) is 4.33. The molecule has 0 amide bonds. The normalized spacial score (nSPS) is 18.1. The summed E-state index contributed by atoms with van der Waals surface area (Å²) in [5.74, 6) is 0. The number of rotatable bonds is 2. The highest BCUT2D eigenvalue weighted by Crippen LogP contribution is 1.89. The molecule has 0 unspecified atom stereocenters. The maximum atomic E-state index is 8.57. The smallest absolute Gasteiger partial charge is 0.0974 e. The third-order valence-corrected chi connectivity index (χ3v) is 0.736. The molecule has 0 aliphatic heterocycles. The second-order valence-electron chi connectivity index (χ2n) is 1.47. The molecule has 0 aromatic heterocycles. The lowest BCUT2D eigenvalue weighted by molar-refractivity contribution is 0.0621. The van der Waals surface area contributed by atoms with E-state index in [2.05, 4.69) is 6.58 Å². The zero-order chi connectivity index (χ0) is 5.86. The van der Waals surface area contributed by atoms with Crippen molar-refractivity contribution in [2.24, 2.45) is 0 Å². The van der Waals surface area contributed by atoms with E-state index in [9.17, 15) is 0 Å². The average molecular weight is 102 g/mol. The van der Waals surface area contributed by atoms with Crippen LogP contribution in [0.5, 0.6) is 0 Å². The molecule has 0 saturated carbocycles. The van der Waals surface area contributed by atoms with Crippen molar-refractivity contribution in [1.82, 2.24) is 0 Å². The maximum Gasteiger partial charge on any atom is 0.0974 e. The van der Waals surface area contributed by atoms with E-state index in [4.69, 9.17) is 10.2 Å². The van der Waals surface area contributed by atoms with Crippen LogP contribution in [0.3, 0.4) is 0 Å². The van der Waals surface area contributed by atoms with E-state index < -0.39 is 12.2 Å². The fourth-order valence-corrected chi connectivity index (χ4v) is 0.197. The maximum absolute atomic E-state index is 8.57. The van der Waals surface area contributed by atoms with Gasteiger partial charge in [0.1, 0.15) is 0 Å². The molecule has 0 aromatic rings. The van der Waals surface area contributed by atoms with E-state index >= 15 is 0 Å². The van der Waals surface area contributed by atoms with Crippen LogP contribution in [0, 0.1) is 0 Å². The van der Waals surface area contributed by atoms with E-state index in [1.54, 1.807) is 0 Å². The molecule has 42 valence electrons. The minimum Gasteiger partial charge on any atom is -0.390 e. The van der Waals surface area contributed by atoms with Crippen LogP contribution in [-0.4, -0.2) is 22.4 Å². The number of aliphatic hydroxyl groups is 2. The van der Waals surface area contributed by atoms with Crippen molar-refractivity contribution in [2.75, 3.05) is 0 Å². The lowest BCUT2D eigenvalue weighted by Crippen LogP contribution is -2.18. The molecule has 0 fully saturated rings. The Balaban J connectivity index is 3.33. The van der Waals surface area contributed by atoms with Crippen LogP contribution in [0.25, 0.3) is 0 Å². The predicted molar refractivity (Wildman–Crippen MR) is 27.9 cm³/mol. The summed E-state index contributed by atoms with van der Waals surface area (Å²) >= 11 is 0. The summed E-state index contributed by atoms with van der Waals surface area (Å²) in [5.41, 5.74) is 0. The third-order valence-electron chi connectivity index (χ3n) is 0.736. The Morgan fingerprint density at radius 3 is 2.00 bits per heavy atom. The first-order valence-corrected chi connectivity index (χ1v) is 2.17. The molecule has 0 aromatic carbocycles. The first-order valence-electron chi connectivity index (χ1n) is 2.17. The van der Waals surface area contributed by atoms with Gasteiger partial charge in [0.25, 0.3) is 0 Å². The van der Waals surface area contributed by atoms with Crippen LogP contribution in [0.15, 0.2) is 12.7 Å². The first-order chi connectivity index (χ1) is 3.18. The van der Waals surface area contributed by atoms with E-state index in [-0.39, 0.29) is 0 Å². The van der Waals surface area contributed by atoms with Gasteiger partial charge in [0.05, 0.1) is 12.2 Å². The SMILES string of the molecule is C=C[C@H](O)[C@@H](C)O. The highest BCUT2D eigenvalue weighted by molar-refractivity contribution is 4.81. The van der Waals surface area contributed by atoms with Crippen molar-refractivity contribution in [1.29, 1.82) is 0 Å². The van der Waals surface area contributed by atoms with E-state index in [0.29, 0.717) is 0 Å². The van der Waals surface area contributed by atoms with Crippen LogP contribution in [-0.2, 0) is 0 Å². The molecule has 0 aliphatic carbocycles. The number of hydrogen-bond acceptors (Lipinski definition) is 2. The summed E-state index contributed by atoms with van der Waals surface area (Å²) in [7, 11) is 0. The van der Waals surface area contributed by atoms with Gasteiger partial charge in [-0.25, -0.2) is 0 Å². The highest BCUT2D eigenvalue weighted by Gasteiger charge is 2.02. The molecule has 0 bridgehead atoms. The molecule has 0 saturated heterocycles. The van der Waals surface area contributed by atoms with Gasteiger partial charge in [-0.3, -0.25) is 0 Å². The molecule has 7 heavy (non-hydrogen) atoms. The standard InChI is InChI=1S/C5H10O2/c1-3-5(7)4(2)6/h3-7H,1H2,2H3/t4-,5+/m1/s1. The van der Waals surface area contributed by atoms with E-state index in [0.717, 1.165) is 0 Å². The van der Waals surface area contributed by atoms with Crippen molar-refractivity contribution in [3.63, 3.8) is 0 Å². The zero-order valence-corrected chi connectivity index (χ0v) is 4.33. The van der Waals surface area contributed by atoms with Gasteiger partial charge in [0.2, 0.25) is 0 Å². The Kier molecular flexibility index (Phi) is 2.64. The predicted octanol–water partition coefficient (Wildman–Crippen LogP) is -0.0859. The fraction of sp³-hybridized carbons (Fsp3) is 0.600. The summed E-state index contributed by atoms with van der Waals surface area (Å²) in [6.07, 6.45) is -0.178. The average Bonchev–Trinajstić information content (AvgIpc) is 1.65. The minimum atomic E-state index is -0.778. The number of hydrogen-bond donors (Lipinski definition) is 2.